The summed E-state index contributed by atoms with van der Waals surface area (Å²) in [7, 11) is 0. The van der Waals surface area contributed by atoms with Gasteiger partial charge in [0.05, 0.1) is 5.69 Å². The van der Waals surface area contributed by atoms with E-state index in [1.165, 1.54) is 6.08 Å². The van der Waals surface area contributed by atoms with Crippen LogP contribution < -0.4 is 11.1 Å². The number of rotatable bonds is 3. The Morgan fingerprint density at radius 3 is 2.90 bits per heavy atom. The molecule has 0 spiro atoms. The van der Waals surface area contributed by atoms with Crippen LogP contribution in [0.3, 0.4) is 0 Å². The lowest BCUT2D eigenvalue weighted by Gasteiger charge is -2.07. The van der Waals surface area contributed by atoms with E-state index in [9.17, 15) is 4.79 Å². The maximum atomic E-state index is 11.9. The largest absolute Gasteiger partial charge is 0.399 e. The molecule has 5 heteroatoms. The van der Waals surface area contributed by atoms with E-state index in [1.807, 2.05) is 19.1 Å². The summed E-state index contributed by atoms with van der Waals surface area (Å²) in [5.41, 5.74) is 8.56. The molecular formula is C15H14ClN3O. The summed E-state index contributed by atoms with van der Waals surface area (Å²) in [6.07, 6.45) is 4.71. The van der Waals surface area contributed by atoms with Crippen molar-refractivity contribution >= 4 is 35.0 Å². The third-order valence-electron chi connectivity index (χ3n) is 2.70. The van der Waals surface area contributed by atoms with Crippen LogP contribution in [-0.4, -0.2) is 10.9 Å². The minimum atomic E-state index is -0.273. The van der Waals surface area contributed by atoms with Crippen molar-refractivity contribution in [3.63, 3.8) is 0 Å². The molecule has 1 aromatic heterocycles. The summed E-state index contributed by atoms with van der Waals surface area (Å²) in [4.78, 5) is 15.8. The molecule has 0 radical (unpaired) electrons. The van der Waals surface area contributed by atoms with Gasteiger partial charge in [-0.2, -0.15) is 0 Å². The Bertz CT molecular complexity index is 648. The highest BCUT2D eigenvalue weighted by molar-refractivity contribution is 6.32. The number of halogens is 1. The zero-order valence-electron chi connectivity index (χ0n) is 10.9. The predicted octanol–water partition coefficient (Wildman–Crippen LogP) is 3.28. The number of anilines is 2. The van der Waals surface area contributed by atoms with Gasteiger partial charge >= 0.3 is 0 Å². The second kappa shape index (κ2) is 6.21. The highest BCUT2D eigenvalue weighted by Gasteiger charge is 2.06. The quantitative estimate of drug-likeness (QED) is 0.517. The maximum Gasteiger partial charge on any atom is 0.248 e. The van der Waals surface area contributed by atoms with Crippen LogP contribution in [0.1, 0.15) is 11.1 Å². The third-order valence-corrected chi connectivity index (χ3v) is 2.99. The van der Waals surface area contributed by atoms with Gasteiger partial charge in [-0.15, -0.1) is 0 Å². The topological polar surface area (TPSA) is 68.0 Å². The summed E-state index contributed by atoms with van der Waals surface area (Å²) >= 11 is 5.95. The van der Waals surface area contributed by atoms with E-state index in [0.29, 0.717) is 11.4 Å². The third kappa shape index (κ3) is 3.59. The molecule has 20 heavy (non-hydrogen) atoms. The highest BCUT2D eigenvalue weighted by atomic mass is 35.5. The van der Waals surface area contributed by atoms with E-state index in [0.717, 1.165) is 11.1 Å². The van der Waals surface area contributed by atoms with E-state index < -0.39 is 0 Å². The fraction of sp³-hybridized carbons (Fsp3) is 0.0667. The second-order valence-electron chi connectivity index (χ2n) is 4.29. The van der Waals surface area contributed by atoms with Crippen LogP contribution >= 0.6 is 11.6 Å². The molecule has 0 unspecified atom stereocenters. The Labute approximate surface area is 122 Å². The lowest BCUT2D eigenvalue weighted by atomic mass is 10.2. The van der Waals surface area contributed by atoms with Gasteiger partial charge in [0, 0.05) is 18.0 Å². The van der Waals surface area contributed by atoms with Crippen molar-refractivity contribution in [3.8, 4) is 0 Å². The highest BCUT2D eigenvalue weighted by Crippen LogP contribution is 2.22. The number of aromatic nitrogens is 1. The lowest BCUT2D eigenvalue weighted by Crippen LogP contribution is -2.09. The average molecular weight is 288 g/mol. The first-order valence-corrected chi connectivity index (χ1v) is 6.40. The summed E-state index contributed by atoms with van der Waals surface area (Å²) in [5, 5.41) is 2.99. The minimum absolute atomic E-state index is 0.273. The normalized spacial score (nSPS) is 10.7. The van der Waals surface area contributed by atoms with Gasteiger partial charge < -0.3 is 11.1 Å². The number of nitrogens with two attached hydrogens (primary N) is 1. The summed E-state index contributed by atoms with van der Waals surface area (Å²) < 4.78 is 0. The number of nitrogen functional groups attached to an aromatic ring is 1. The molecule has 0 saturated heterocycles. The van der Waals surface area contributed by atoms with Crippen LogP contribution in [0, 0.1) is 6.92 Å². The molecule has 2 rings (SSSR count). The molecule has 0 fully saturated rings. The van der Waals surface area contributed by atoms with Crippen molar-refractivity contribution in [1.29, 1.82) is 0 Å². The molecule has 3 N–H and O–H groups in total. The first-order valence-electron chi connectivity index (χ1n) is 6.02. The molecule has 0 aliphatic rings. The first-order chi connectivity index (χ1) is 9.56. The molecule has 0 bridgehead atoms. The van der Waals surface area contributed by atoms with E-state index >= 15 is 0 Å². The first kappa shape index (κ1) is 14.1. The molecule has 102 valence electrons. The van der Waals surface area contributed by atoms with E-state index in [4.69, 9.17) is 17.3 Å². The Balaban J connectivity index is 2.10. The number of carbonyl (C=O) groups is 1. The molecular weight excluding hydrogens is 274 g/mol. The van der Waals surface area contributed by atoms with Gasteiger partial charge in [0.15, 0.2) is 5.15 Å². The molecule has 1 aromatic carbocycles. The van der Waals surface area contributed by atoms with Crippen molar-refractivity contribution in [1.82, 2.24) is 4.98 Å². The summed E-state index contributed by atoms with van der Waals surface area (Å²) in [6.45, 7) is 1.85. The van der Waals surface area contributed by atoms with Gasteiger partial charge in [0.25, 0.3) is 0 Å². The van der Waals surface area contributed by atoms with Crippen LogP contribution in [0.15, 0.2) is 42.6 Å². The van der Waals surface area contributed by atoms with Gasteiger partial charge in [-0.3, -0.25) is 4.79 Å². The lowest BCUT2D eigenvalue weighted by molar-refractivity contribution is -0.111. The van der Waals surface area contributed by atoms with Crippen molar-refractivity contribution in [2.75, 3.05) is 11.1 Å². The Hall–Kier alpha value is -2.33. The zero-order valence-corrected chi connectivity index (χ0v) is 11.7. The number of pyridine rings is 1. The number of nitrogens with one attached hydrogen (secondary N) is 1. The Morgan fingerprint density at radius 2 is 2.20 bits per heavy atom. The molecule has 1 amide bonds. The zero-order chi connectivity index (χ0) is 14.5. The molecule has 4 nitrogen and oxygen atoms in total. The molecule has 0 aliphatic carbocycles. The van der Waals surface area contributed by atoms with Crippen LogP contribution in [0.2, 0.25) is 5.15 Å². The van der Waals surface area contributed by atoms with E-state index in [2.05, 4.69) is 10.3 Å². The molecule has 0 saturated carbocycles. The fourth-order valence-electron chi connectivity index (χ4n) is 1.67. The summed E-state index contributed by atoms with van der Waals surface area (Å²) in [6, 6.07) is 9.04. The fourth-order valence-corrected chi connectivity index (χ4v) is 1.93. The van der Waals surface area contributed by atoms with Gasteiger partial charge in [-0.25, -0.2) is 4.98 Å². The van der Waals surface area contributed by atoms with Crippen molar-refractivity contribution in [3.05, 3.63) is 58.9 Å². The average Bonchev–Trinajstić information content (AvgIpc) is 2.41. The van der Waals surface area contributed by atoms with E-state index in [-0.39, 0.29) is 11.1 Å². The predicted molar refractivity (Wildman–Crippen MR) is 82.5 cm³/mol. The standard InChI is InChI=1S/C15H14ClN3O/c1-10-7-8-18-15(16)14(10)19-13(20)6-5-11-3-2-4-12(17)9-11/h2-9H,17H2,1H3,(H,19,20)/b6-5+. The Kier molecular flexibility index (Phi) is 4.38. The number of hydrogen-bond acceptors (Lipinski definition) is 3. The number of nitrogens with zero attached hydrogens (tertiary/aromatic N) is 1. The van der Waals surface area contributed by atoms with Crippen molar-refractivity contribution < 1.29 is 4.79 Å². The molecule has 0 atom stereocenters. The smallest absolute Gasteiger partial charge is 0.248 e. The van der Waals surface area contributed by atoms with Gasteiger partial charge in [0.2, 0.25) is 5.91 Å². The second-order valence-corrected chi connectivity index (χ2v) is 4.64. The minimum Gasteiger partial charge on any atom is -0.399 e. The van der Waals surface area contributed by atoms with E-state index in [1.54, 1.807) is 30.5 Å². The van der Waals surface area contributed by atoms with Crippen LogP contribution in [0.4, 0.5) is 11.4 Å². The molecule has 0 aliphatic heterocycles. The number of aryl methyl sites for hydroxylation is 1. The number of amides is 1. The Morgan fingerprint density at radius 1 is 1.40 bits per heavy atom. The van der Waals surface area contributed by atoms with Crippen LogP contribution in [0.5, 0.6) is 0 Å². The van der Waals surface area contributed by atoms with Gasteiger partial charge in [-0.1, -0.05) is 23.7 Å². The monoisotopic (exact) mass is 287 g/mol. The maximum absolute atomic E-state index is 11.9. The number of carbonyl (C=O) groups excluding carboxylic acids is 1. The van der Waals surface area contributed by atoms with Crippen molar-refractivity contribution in [2.24, 2.45) is 0 Å². The molecule has 2 aromatic rings. The number of hydrogen-bond donors (Lipinski definition) is 2. The van der Waals surface area contributed by atoms with Crippen LogP contribution in [0.25, 0.3) is 6.08 Å². The number of benzene rings is 1. The molecule has 1 heterocycles. The summed E-state index contributed by atoms with van der Waals surface area (Å²) in [5.74, 6) is -0.273. The SMILES string of the molecule is Cc1ccnc(Cl)c1NC(=O)/C=C/c1cccc(N)c1. The van der Waals surface area contributed by atoms with Crippen LogP contribution in [-0.2, 0) is 4.79 Å². The van der Waals surface area contributed by atoms with Crippen molar-refractivity contribution in [2.45, 2.75) is 6.92 Å². The van der Waals surface area contributed by atoms with Gasteiger partial charge in [0.1, 0.15) is 0 Å². The van der Waals surface area contributed by atoms with Gasteiger partial charge in [-0.05, 0) is 42.3 Å².